The van der Waals surface area contributed by atoms with Crippen LogP contribution in [0, 0.1) is 0 Å². The number of amides is 1. The fraction of sp³-hybridized carbons (Fsp3) is 0.500. The third-order valence-corrected chi connectivity index (χ3v) is 3.44. The van der Waals surface area contributed by atoms with Gasteiger partial charge in [0.05, 0.1) is 12.1 Å². The Balaban J connectivity index is 2.24. The lowest BCUT2D eigenvalue weighted by atomic mass is 10.0. The van der Waals surface area contributed by atoms with Crippen LogP contribution in [0.4, 0.5) is 0 Å². The van der Waals surface area contributed by atoms with Crippen molar-refractivity contribution in [3.8, 4) is 0 Å². The molecule has 18 heavy (non-hydrogen) atoms. The second-order valence-corrected chi connectivity index (χ2v) is 5.01. The van der Waals surface area contributed by atoms with Gasteiger partial charge in [-0.05, 0) is 19.5 Å². The van der Waals surface area contributed by atoms with Gasteiger partial charge >= 0.3 is 0 Å². The summed E-state index contributed by atoms with van der Waals surface area (Å²) >= 11 is 0. The summed E-state index contributed by atoms with van der Waals surface area (Å²) < 4.78 is 0. The molecule has 0 aromatic heterocycles. The van der Waals surface area contributed by atoms with Gasteiger partial charge in [-0.2, -0.15) is 0 Å². The number of likely N-dealkylation sites (N-methyl/N-ethyl adjacent to an activating group) is 1. The number of benzene rings is 1. The van der Waals surface area contributed by atoms with Crippen LogP contribution in [-0.4, -0.2) is 48.4 Å². The van der Waals surface area contributed by atoms with Crippen molar-refractivity contribution < 1.29 is 4.79 Å². The summed E-state index contributed by atoms with van der Waals surface area (Å²) in [5, 5.41) is 0. The van der Waals surface area contributed by atoms with Gasteiger partial charge in [0.2, 0.25) is 5.91 Å². The molecule has 0 bridgehead atoms. The molecule has 1 aromatic carbocycles. The molecule has 1 heterocycles. The summed E-state index contributed by atoms with van der Waals surface area (Å²) in [6.07, 6.45) is 0. The van der Waals surface area contributed by atoms with E-state index in [1.165, 1.54) is 5.56 Å². The van der Waals surface area contributed by atoms with Crippen molar-refractivity contribution in [1.82, 2.24) is 9.80 Å². The topological polar surface area (TPSA) is 49.6 Å². The van der Waals surface area contributed by atoms with Gasteiger partial charge in [0, 0.05) is 19.6 Å². The molecule has 1 saturated heterocycles. The Morgan fingerprint density at radius 1 is 1.33 bits per heavy atom. The minimum Gasteiger partial charge on any atom is -0.332 e. The van der Waals surface area contributed by atoms with Crippen molar-refractivity contribution in [3.05, 3.63) is 35.9 Å². The monoisotopic (exact) mass is 247 g/mol. The SMILES string of the molecule is C[C@@H](N)C(=O)N1CCN(C)CC1c1ccccc1. The van der Waals surface area contributed by atoms with Crippen LogP contribution in [0.1, 0.15) is 18.5 Å². The highest BCUT2D eigenvalue weighted by Gasteiger charge is 2.31. The number of carbonyl (C=O) groups is 1. The van der Waals surface area contributed by atoms with Crippen molar-refractivity contribution in [2.45, 2.75) is 19.0 Å². The molecule has 2 atom stereocenters. The van der Waals surface area contributed by atoms with Gasteiger partial charge in [0.25, 0.3) is 0 Å². The molecule has 98 valence electrons. The molecule has 4 heteroatoms. The average Bonchev–Trinajstić information content (AvgIpc) is 2.39. The molecule has 1 amide bonds. The predicted molar refractivity (Wildman–Crippen MR) is 72.0 cm³/mol. The van der Waals surface area contributed by atoms with Crippen LogP contribution in [-0.2, 0) is 4.79 Å². The van der Waals surface area contributed by atoms with Crippen molar-refractivity contribution in [1.29, 1.82) is 0 Å². The zero-order valence-electron chi connectivity index (χ0n) is 11.0. The Morgan fingerprint density at radius 2 is 2.00 bits per heavy atom. The van der Waals surface area contributed by atoms with E-state index in [1.807, 2.05) is 23.1 Å². The first kappa shape index (κ1) is 13.1. The molecule has 1 aliphatic heterocycles. The maximum atomic E-state index is 12.2. The molecule has 1 aliphatic rings. The van der Waals surface area contributed by atoms with Crippen LogP contribution in [0.3, 0.4) is 0 Å². The van der Waals surface area contributed by atoms with Gasteiger partial charge in [-0.1, -0.05) is 30.3 Å². The summed E-state index contributed by atoms with van der Waals surface area (Å²) in [6, 6.07) is 9.85. The summed E-state index contributed by atoms with van der Waals surface area (Å²) in [5.74, 6) is 0.0388. The van der Waals surface area contributed by atoms with E-state index in [9.17, 15) is 4.79 Å². The highest BCUT2D eigenvalue weighted by molar-refractivity contribution is 5.81. The summed E-state index contributed by atoms with van der Waals surface area (Å²) in [6.45, 7) is 4.27. The molecule has 2 rings (SSSR count). The van der Waals surface area contributed by atoms with Crippen LogP contribution in [0.5, 0.6) is 0 Å². The second kappa shape index (κ2) is 5.50. The second-order valence-electron chi connectivity index (χ2n) is 5.01. The standard InChI is InChI=1S/C14H21N3O/c1-11(15)14(18)17-9-8-16(2)10-13(17)12-6-4-3-5-7-12/h3-7,11,13H,8-10,15H2,1-2H3/t11-,13?/m1/s1. The molecule has 0 radical (unpaired) electrons. The molecule has 4 nitrogen and oxygen atoms in total. The molecular formula is C14H21N3O. The summed E-state index contributed by atoms with van der Waals surface area (Å²) in [5.41, 5.74) is 6.92. The predicted octanol–water partition coefficient (Wildman–Crippen LogP) is 0.849. The van der Waals surface area contributed by atoms with Crippen molar-refractivity contribution in [2.75, 3.05) is 26.7 Å². The first-order valence-electron chi connectivity index (χ1n) is 6.39. The van der Waals surface area contributed by atoms with Gasteiger partial charge in [-0.25, -0.2) is 0 Å². The van der Waals surface area contributed by atoms with E-state index < -0.39 is 6.04 Å². The lowest BCUT2D eigenvalue weighted by Gasteiger charge is -2.41. The van der Waals surface area contributed by atoms with Crippen LogP contribution < -0.4 is 5.73 Å². The molecule has 0 saturated carbocycles. The Labute approximate surface area is 108 Å². The van der Waals surface area contributed by atoms with E-state index in [4.69, 9.17) is 5.73 Å². The zero-order valence-corrected chi connectivity index (χ0v) is 11.0. The lowest BCUT2D eigenvalue weighted by molar-refractivity contribution is -0.137. The lowest BCUT2D eigenvalue weighted by Crippen LogP contribution is -2.53. The normalized spacial score (nSPS) is 22.8. The van der Waals surface area contributed by atoms with E-state index in [0.29, 0.717) is 0 Å². The van der Waals surface area contributed by atoms with Crippen LogP contribution >= 0.6 is 0 Å². The van der Waals surface area contributed by atoms with E-state index in [2.05, 4.69) is 24.1 Å². The minimum absolute atomic E-state index is 0.0388. The maximum absolute atomic E-state index is 12.2. The number of hydrogen-bond acceptors (Lipinski definition) is 3. The van der Waals surface area contributed by atoms with Gasteiger partial charge < -0.3 is 15.5 Å². The third-order valence-electron chi connectivity index (χ3n) is 3.44. The number of piperazine rings is 1. The van der Waals surface area contributed by atoms with Crippen molar-refractivity contribution >= 4 is 5.91 Å². The van der Waals surface area contributed by atoms with Gasteiger partial charge in [-0.15, -0.1) is 0 Å². The van der Waals surface area contributed by atoms with Crippen molar-refractivity contribution in [2.24, 2.45) is 5.73 Å². The quantitative estimate of drug-likeness (QED) is 0.843. The smallest absolute Gasteiger partial charge is 0.239 e. The fourth-order valence-corrected chi connectivity index (χ4v) is 2.41. The summed E-state index contributed by atoms with van der Waals surface area (Å²) in [7, 11) is 2.09. The average molecular weight is 247 g/mol. The number of carbonyl (C=O) groups excluding carboxylic acids is 1. The molecule has 1 fully saturated rings. The van der Waals surface area contributed by atoms with E-state index in [1.54, 1.807) is 6.92 Å². The molecule has 1 aromatic rings. The van der Waals surface area contributed by atoms with E-state index in [0.717, 1.165) is 19.6 Å². The van der Waals surface area contributed by atoms with E-state index in [-0.39, 0.29) is 11.9 Å². The first-order chi connectivity index (χ1) is 8.59. The Kier molecular flexibility index (Phi) is 3.99. The highest BCUT2D eigenvalue weighted by Crippen LogP contribution is 2.25. The van der Waals surface area contributed by atoms with Crippen molar-refractivity contribution in [3.63, 3.8) is 0 Å². The Morgan fingerprint density at radius 3 is 2.61 bits per heavy atom. The minimum atomic E-state index is -0.431. The van der Waals surface area contributed by atoms with Gasteiger partial charge in [0.15, 0.2) is 0 Å². The fourth-order valence-electron chi connectivity index (χ4n) is 2.41. The molecular weight excluding hydrogens is 226 g/mol. The number of rotatable bonds is 2. The number of hydrogen-bond donors (Lipinski definition) is 1. The van der Waals surface area contributed by atoms with E-state index >= 15 is 0 Å². The molecule has 2 N–H and O–H groups in total. The number of nitrogens with two attached hydrogens (primary N) is 1. The van der Waals surface area contributed by atoms with Crippen LogP contribution in [0.25, 0.3) is 0 Å². The van der Waals surface area contributed by atoms with Crippen LogP contribution in [0.15, 0.2) is 30.3 Å². The maximum Gasteiger partial charge on any atom is 0.239 e. The molecule has 0 spiro atoms. The molecule has 0 aliphatic carbocycles. The largest absolute Gasteiger partial charge is 0.332 e. The first-order valence-corrected chi connectivity index (χ1v) is 6.39. The third kappa shape index (κ3) is 2.71. The summed E-state index contributed by atoms with van der Waals surface area (Å²) in [4.78, 5) is 16.3. The number of nitrogens with zero attached hydrogens (tertiary/aromatic N) is 2. The van der Waals surface area contributed by atoms with Crippen LogP contribution in [0.2, 0.25) is 0 Å². The van der Waals surface area contributed by atoms with Gasteiger partial charge in [0.1, 0.15) is 0 Å². The Bertz CT molecular complexity index is 405. The zero-order chi connectivity index (χ0) is 13.1. The highest BCUT2D eigenvalue weighted by atomic mass is 16.2. The Hall–Kier alpha value is -1.39. The molecule has 1 unspecified atom stereocenters. The van der Waals surface area contributed by atoms with Gasteiger partial charge in [-0.3, -0.25) is 4.79 Å².